The van der Waals surface area contributed by atoms with Gasteiger partial charge in [0.2, 0.25) is 0 Å². The zero-order chi connectivity index (χ0) is 25.6. The van der Waals surface area contributed by atoms with Gasteiger partial charge in [-0.2, -0.15) is 12.6 Å². The number of benzene rings is 1. The molecule has 35 heavy (non-hydrogen) atoms. The minimum atomic E-state index is -0.643. The Morgan fingerprint density at radius 1 is 1.14 bits per heavy atom. The smallest absolute Gasteiger partial charge is 0.333 e. The molecule has 0 N–H and O–H groups in total. The maximum atomic E-state index is 12.3. The van der Waals surface area contributed by atoms with Crippen LogP contribution in [0.3, 0.4) is 0 Å². The second-order valence-electron chi connectivity index (χ2n) is 9.49. The summed E-state index contributed by atoms with van der Waals surface area (Å²) in [5, 5.41) is 0.553. The number of hydrogen-bond donors (Lipinski definition) is 1. The highest BCUT2D eigenvalue weighted by Crippen LogP contribution is 2.30. The monoisotopic (exact) mass is 503 g/mol. The normalized spacial score (nSPS) is 17.4. The molecule has 0 radical (unpaired) electrons. The van der Waals surface area contributed by atoms with E-state index < -0.39 is 17.8 Å². The van der Waals surface area contributed by atoms with Crippen LogP contribution in [0.25, 0.3) is 0 Å². The molecule has 0 atom stereocenters. The fraction of sp³-hybridized carbons (Fsp3) is 0.560. The number of aliphatic imine (C=N–C) groups is 1. The quantitative estimate of drug-likeness (QED) is 0.297. The number of hydrogen-bond acceptors (Lipinski definition) is 9. The number of amides is 2. The van der Waals surface area contributed by atoms with Crippen molar-refractivity contribution in [1.82, 2.24) is 5.06 Å². The SMILES string of the molecule is CN1CCCC(=NCC(=O)CC(C)(C)S)c2ccc(OCCCC(=O)ON3C(=O)CCC3=O)cc21. The van der Waals surface area contributed by atoms with E-state index in [2.05, 4.69) is 22.5 Å². The van der Waals surface area contributed by atoms with Crippen molar-refractivity contribution in [2.24, 2.45) is 4.99 Å². The number of fused-ring (bicyclic) bond motifs is 1. The van der Waals surface area contributed by atoms with E-state index in [0.717, 1.165) is 36.3 Å². The first-order chi connectivity index (χ1) is 16.5. The minimum absolute atomic E-state index is 0.0236. The van der Waals surface area contributed by atoms with Gasteiger partial charge in [-0.3, -0.25) is 19.4 Å². The summed E-state index contributed by atoms with van der Waals surface area (Å²) in [4.78, 5) is 58.9. The van der Waals surface area contributed by atoms with Gasteiger partial charge < -0.3 is 14.5 Å². The van der Waals surface area contributed by atoms with Crippen molar-refractivity contribution in [2.75, 3.05) is 31.6 Å². The van der Waals surface area contributed by atoms with Crippen molar-refractivity contribution in [1.29, 1.82) is 0 Å². The van der Waals surface area contributed by atoms with Crippen LogP contribution < -0.4 is 9.64 Å². The Morgan fingerprint density at radius 2 is 1.86 bits per heavy atom. The Labute approximate surface area is 211 Å². The predicted molar refractivity (Wildman–Crippen MR) is 135 cm³/mol. The third kappa shape index (κ3) is 7.81. The number of carbonyl (C=O) groups is 4. The first-order valence-electron chi connectivity index (χ1n) is 11.9. The summed E-state index contributed by atoms with van der Waals surface area (Å²) in [5.41, 5.74) is 2.87. The summed E-state index contributed by atoms with van der Waals surface area (Å²) >= 11 is 4.43. The van der Waals surface area contributed by atoms with Gasteiger partial charge in [0.1, 0.15) is 5.75 Å². The molecule has 190 valence electrons. The lowest BCUT2D eigenvalue weighted by atomic mass is 10.0. The topological polar surface area (TPSA) is 106 Å². The van der Waals surface area contributed by atoms with Crippen LogP contribution in [-0.2, 0) is 24.0 Å². The number of nitrogens with zero attached hydrogens (tertiary/aromatic N) is 3. The van der Waals surface area contributed by atoms with Gasteiger partial charge in [0.15, 0.2) is 5.78 Å². The Balaban J connectivity index is 1.56. The number of rotatable bonds is 10. The first-order valence-corrected chi connectivity index (χ1v) is 12.3. The van der Waals surface area contributed by atoms with Gasteiger partial charge >= 0.3 is 5.97 Å². The third-order valence-corrected chi connectivity index (χ3v) is 5.83. The van der Waals surface area contributed by atoms with Gasteiger partial charge in [0, 0.05) is 60.6 Å². The lowest BCUT2D eigenvalue weighted by molar-refractivity contribution is -0.197. The van der Waals surface area contributed by atoms with Gasteiger partial charge in [-0.25, -0.2) is 4.79 Å². The number of Topliss-reactive ketones (excluding diaryl/α,β-unsaturated/α-hetero) is 1. The fourth-order valence-corrected chi connectivity index (χ4v) is 4.17. The van der Waals surface area contributed by atoms with Crippen LogP contribution in [0.4, 0.5) is 5.69 Å². The molecular formula is C25H33N3O6S. The molecule has 1 fully saturated rings. The average molecular weight is 504 g/mol. The van der Waals surface area contributed by atoms with Gasteiger partial charge in [-0.1, -0.05) is 13.8 Å². The third-order valence-electron chi connectivity index (χ3n) is 5.67. The first kappa shape index (κ1) is 26.7. The second-order valence-corrected chi connectivity index (χ2v) is 10.7. The highest BCUT2D eigenvalue weighted by Gasteiger charge is 2.32. The number of carbonyl (C=O) groups excluding carboxylic acids is 4. The maximum absolute atomic E-state index is 12.3. The maximum Gasteiger partial charge on any atom is 0.333 e. The van der Waals surface area contributed by atoms with E-state index in [-0.39, 0.29) is 42.9 Å². The molecular weight excluding hydrogens is 470 g/mol. The van der Waals surface area contributed by atoms with Crippen LogP contribution in [0, 0.1) is 0 Å². The zero-order valence-electron chi connectivity index (χ0n) is 20.5. The van der Waals surface area contributed by atoms with Crippen molar-refractivity contribution in [3.05, 3.63) is 23.8 Å². The lowest BCUT2D eigenvalue weighted by Gasteiger charge is -2.20. The molecule has 0 spiro atoms. The largest absolute Gasteiger partial charge is 0.494 e. The predicted octanol–water partition coefficient (Wildman–Crippen LogP) is 3.14. The van der Waals surface area contributed by atoms with Gasteiger partial charge in [0.05, 0.1) is 19.6 Å². The molecule has 1 saturated heterocycles. The van der Waals surface area contributed by atoms with Gasteiger partial charge in [-0.05, 0) is 31.4 Å². The van der Waals surface area contributed by atoms with Crippen LogP contribution >= 0.6 is 12.6 Å². The molecule has 2 aliphatic heterocycles. The molecule has 1 aromatic carbocycles. The van der Waals surface area contributed by atoms with Crippen LogP contribution in [0.2, 0.25) is 0 Å². The van der Waals surface area contributed by atoms with Gasteiger partial charge in [-0.15, -0.1) is 5.06 Å². The van der Waals surface area contributed by atoms with Crippen LogP contribution in [0.15, 0.2) is 23.2 Å². The molecule has 2 aliphatic rings. The van der Waals surface area contributed by atoms with E-state index in [1.54, 1.807) is 0 Å². The summed E-state index contributed by atoms with van der Waals surface area (Å²) in [7, 11) is 2.01. The lowest BCUT2D eigenvalue weighted by Crippen LogP contribution is -2.32. The molecule has 1 aromatic rings. The van der Waals surface area contributed by atoms with E-state index in [9.17, 15) is 19.2 Å². The molecule has 0 aliphatic carbocycles. The Hall–Kier alpha value is -2.88. The van der Waals surface area contributed by atoms with E-state index in [1.165, 1.54) is 0 Å². The van der Waals surface area contributed by atoms with E-state index >= 15 is 0 Å². The summed E-state index contributed by atoms with van der Waals surface area (Å²) < 4.78 is 5.47. The van der Waals surface area contributed by atoms with Crippen LogP contribution in [0.5, 0.6) is 5.75 Å². The van der Waals surface area contributed by atoms with E-state index in [0.29, 0.717) is 23.7 Å². The molecule has 0 bridgehead atoms. The number of ketones is 1. The van der Waals surface area contributed by atoms with Crippen molar-refractivity contribution < 1.29 is 28.8 Å². The van der Waals surface area contributed by atoms with E-state index in [4.69, 9.17) is 9.57 Å². The van der Waals surface area contributed by atoms with Crippen molar-refractivity contribution in [3.8, 4) is 5.75 Å². The minimum Gasteiger partial charge on any atom is -0.494 e. The number of imide groups is 1. The molecule has 9 nitrogen and oxygen atoms in total. The standard InChI is InChI=1S/C25H33N3O6S/c1-25(2,35)15-17(29)16-26-20-6-4-12-27(3)21-14-18(8-9-19(20)21)33-13-5-7-24(32)34-28-22(30)10-11-23(28)31/h8-9,14,35H,4-7,10-13,15-16H2,1-3H3. The molecule has 0 saturated carbocycles. The Kier molecular flexibility index (Phi) is 8.93. The Bertz CT molecular complexity index is 1000. The highest BCUT2D eigenvalue weighted by atomic mass is 32.1. The number of thiol groups is 1. The zero-order valence-corrected chi connectivity index (χ0v) is 21.4. The summed E-state index contributed by atoms with van der Waals surface area (Å²) in [6, 6.07) is 5.75. The highest BCUT2D eigenvalue weighted by molar-refractivity contribution is 7.81. The summed E-state index contributed by atoms with van der Waals surface area (Å²) in [6.07, 6.45) is 2.62. The number of anilines is 1. The van der Waals surface area contributed by atoms with Crippen molar-refractivity contribution in [2.45, 2.75) is 63.5 Å². The number of ether oxygens (including phenoxy) is 1. The Morgan fingerprint density at radius 3 is 2.54 bits per heavy atom. The average Bonchev–Trinajstić information content (AvgIpc) is 3.00. The molecule has 0 unspecified atom stereocenters. The number of hydroxylamine groups is 2. The van der Waals surface area contributed by atoms with Gasteiger partial charge in [0.25, 0.3) is 11.8 Å². The van der Waals surface area contributed by atoms with Crippen LogP contribution in [-0.4, -0.2) is 65.8 Å². The molecule has 0 aromatic heterocycles. The summed E-state index contributed by atoms with van der Waals surface area (Å²) in [5.74, 6) is -0.912. The fourth-order valence-electron chi connectivity index (χ4n) is 4.00. The summed E-state index contributed by atoms with van der Waals surface area (Å²) in [6.45, 7) is 5.10. The van der Waals surface area contributed by atoms with Crippen molar-refractivity contribution in [3.63, 3.8) is 0 Å². The van der Waals surface area contributed by atoms with Crippen LogP contribution in [0.1, 0.15) is 64.4 Å². The molecule has 2 heterocycles. The second kappa shape index (κ2) is 11.7. The molecule has 2 amide bonds. The molecule has 10 heteroatoms. The van der Waals surface area contributed by atoms with E-state index in [1.807, 2.05) is 39.1 Å². The van der Waals surface area contributed by atoms with Crippen molar-refractivity contribution >= 4 is 47.6 Å². The molecule has 3 rings (SSSR count).